The Labute approximate surface area is 89.4 Å². The van der Waals surface area contributed by atoms with Gasteiger partial charge in [-0.1, -0.05) is 13.8 Å². The second-order valence-electron chi connectivity index (χ2n) is 4.21. The molecule has 0 spiro atoms. The number of rotatable bonds is 5. The van der Waals surface area contributed by atoms with E-state index in [1.807, 2.05) is 13.8 Å². The molecule has 2 N–H and O–H groups in total. The van der Waals surface area contributed by atoms with E-state index >= 15 is 0 Å². The van der Waals surface area contributed by atoms with Gasteiger partial charge < -0.3 is 10.4 Å². The van der Waals surface area contributed by atoms with Crippen LogP contribution in [0.25, 0.3) is 0 Å². The molecule has 1 saturated heterocycles. The van der Waals surface area contributed by atoms with E-state index in [1.165, 1.54) is 0 Å². The highest BCUT2D eigenvalue weighted by Gasteiger charge is 2.28. The summed E-state index contributed by atoms with van der Waals surface area (Å²) >= 11 is 0. The number of carboxylic acids is 1. The molecule has 1 aliphatic rings. The average molecular weight is 214 g/mol. The van der Waals surface area contributed by atoms with Crippen LogP contribution in [0.3, 0.4) is 0 Å². The van der Waals surface area contributed by atoms with Crippen LogP contribution in [0.4, 0.5) is 0 Å². The molecule has 0 bridgehead atoms. The molecule has 1 rings (SSSR count). The van der Waals surface area contributed by atoms with E-state index in [9.17, 15) is 9.59 Å². The van der Waals surface area contributed by atoms with Crippen LogP contribution >= 0.6 is 0 Å². The number of carbonyl (C=O) groups is 2. The van der Waals surface area contributed by atoms with Crippen LogP contribution in [-0.2, 0) is 9.59 Å². The summed E-state index contributed by atoms with van der Waals surface area (Å²) in [6.45, 7) is 6.56. The molecular formula is C10H18N2O3. The van der Waals surface area contributed by atoms with Gasteiger partial charge in [0.1, 0.15) is 0 Å². The number of hydrogen-bond donors (Lipinski definition) is 2. The van der Waals surface area contributed by atoms with Gasteiger partial charge in [0.25, 0.3) is 0 Å². The Balaban J connectivity index is 2.57. The maximum absolute atomic E-state index is 11.2. The first-order valence-electron chi connectivity index (χ1n) is 5.23. The summed E-state index contributed by atoms with van der Waals surface area (Å²) < 4.78 is 0. The Hall–Kier alpha value is -0.940. The Kier molecular flexibility index (Phi) is 4.23. The van der Waals surface area contributed by atoms with Gasteiger partial charge in [-0.05, 0) is 5.92 Å². The molecule has 86 valence electrons. The van der Waals surface area contributed by atoms with Crippen LogP contribution in [0.2, 0.25) is 0 Å². The molecule has 5 heteroatoms. The van der Waals surface area contributed by atoms with Crippen molar-refractivity contribution in [2.45, 2.75) is 26.3 Å². The fourth-order valence-corrected chi connectivity index (χ4v) is 1.87. The minimum Gasteiger partial charge on any atom is -0.476 e. The molecule has 1 aliphatic heterocycles. The number of ketones is 1. The molecule has 0 aliphatic carbocycles. The number of carboxylic acid groups (broad SMARTS) is 1. The summed E-state index contributed by atoms with van der Waals surface area (Å²) in [6, 6.07) is 0.0311. The highest BCUT2D eigenvalue weighted by atomic mass is 16.4. The first-order valence-corrected chi connectivity index (χ1v) is 5.23. The van der Waals surface area contributed by atoms with Crippen LogP contribution in [-0.4, -0.2) is 47.6 Å². The van der Waals surface area contributed by atoms with Gasteiger partial charge in [0.05, 0.1) is 0 Å². The summed E-state index contributed by atoms with van der Waals surface area (Å²) in [6.07, 6.45) is 0.106. The maximum Gasteiger partial charge on any atom is 0.372 e. The largest absolute Gasteiger partial charge is 0.476 e. The van der Waals surface area contributed by atoms with Crippen molar-refractivity contribution in [1.29, 1.82) is 0 Å². The van der Waals surface area contributed by atoms with Crippen molar-refractivity contribution >= 4 is 11.8 Å². The molecule has 0 saturated carbocycles. The quantitative estimate of drug-likeness (QED) is 0.626. The Bertz CT molecular complexity index is 247. The van der Waals surface area contributed by atoms with Crippen LogP contribution in [0.15, 0.2) is 0 Å². The SMILES string of the molecule is CC(C)C(CC(=O)C(=O)O)N1CCNC1. The predicted molar refractivity (Wildman–Crippen MR) is 55.5 cm³/mol. The van der Waals surface area contributed by atoms with Crippen molar-refractivity contribution in [3.8, 4) is 0 Å². The van der Waals surface area contributed by atoms with Crippen molar-refractivity contribution in [1.82, 2.24) is 10.2 Å². The Morgan fingerprint density at radius 1 is 1.47 bits per heavy atom. The van der Waals surface area contributed by atoms with Crippen molar-refractivity contribution in [3.63, 3.8) is 0 Å². The Morgan fingerprint density at radius 3 is 2.53 bits per heavy atom. The van der Waals surface area contributed by atoms with E-state index in [0.717, 1.165) is 19.8 Å². The monoisotopic (exact) mass is 214 g/mol. The molecule has 0 radical (unpaired) electrons. The normalized spacial score (nSPS) is 19.4. The fraction of sp³-hybridized carbons (Fsp3) is 0.800. The van der Waals surface area contributed by atoms with Crippen molar-refractivity contribution < 1.29 is 14.7 Å². The smallest absolute Gasteiger partial charge is 0.372 e. The summed E-state index contributed by atoms with van der Waals surface area (Å²) in [5, 5.41) is 11.7. The highest BCUT2D eigenvalue weighted by Crippen LogP contribution is 2.16. The van der Waals surface area contributed by atoms with E-state index < -0.39 is 11.8 Å². The minimum atomic E-state index is -1.33. The molecule has 15 heavy (non-hydrogen) atoms. The van der Waals surface area contributed by atoms with E-state index in [4.69, 9.17) is 5.11 Å². The first kappa shape index (κ1) is 12.1. The molecule has 0 aromatic heterocycles. The van der Waals surface area contributed by atoms with E-state index in [-0.39, 0.29) is 18.4 Å². The topological polar surface area (TPSA) is 69.6 Å². The lowest BCUT2D eigenvalue weighted by atomic mass is 9.97. The highest BCUT2D eigenvalue weighted by molar-refractivity contribution is 6.32. The van der Waals surface area contributed by atoms with Crippen molar-refractivity contribution in [3.05, 3.63) is 0 Å². The minimum absolute atomic E-state index is 0.0311. The van der Waals surface area contributed by atoms with E-state index in [0.29, 0.717) is 0 Å². The molecule has 1 atom stereocenters. The lowest BCUT2D eigenvalue weighted by Crippen LogP contribution is -2.40. The van der Waals surface area contributed by atoms with E-state index in [1.54, 1.807) is 0 Å². The number of nitrogens with zero attached hydrogens (tertiary/aromatic N) is 1. The number of aliphatic carboxylic acids is 1. The molecular weight excluding hydrogens is 196 g/mol. The van der Waals surface area contributed by atoms with Crippen LogP contribution in [0, 0.1) is 5.92 Å². The average Bonchev–Trinajstić information content (AvgIpc) is 2.65. The summed E-state index contributed by atoms with van der Waals surface area (Å²) in [5.74, 6) is -1.73. The van der Waals surface area contributed by atoms with Crippen LogP contribution in [0.1, 0.15) is 20.3 Å². The van der Waals surface area contributed by atoms with Gasteiger partial charge in [0, 0.05) is 32.2 Å². The predicted octanol–water partition coefficient (Wildman–Crippen LogP) is -0.0825. The van der Waals surface area contributed by atoms with Crippen LogP contribution in [0.5, 0.6) is 0 Å². The Morgan fingerprint density at radius 2 is 2.13 bits per heavy atom. The first-order chi connectivity index (χ1) is 7.02. The van der Waals surface area contributed by atoms with Gasteiger partial charge in [-0.2, -0.15) is 0 Å². The third kappa shape index (κ3) is 3.28. The van der Waals surface area contributed by atoms with Gasteiger partial charge in [-0.3, -0.25) is 9.69 Å². The second kappa shape index (κ2) is 5.23. The van der Waals surface area contributed by atoms with Gasteiger partial charge in [-0.15, -0.1) is 0 Å². The molecule has 1 unspecified atom stereocenters. The van der Waals surface area contributed by atoms with Crippen molar-refractivity contribution in [2.75, 3.05) is 19.8 Å². The third-order valence-electron chi connectivity index (χ3n) is 2.76. The van der Waals surface area contributed by atoms with Gasteiger partial charge in [0.15, 0.2) is 0 Å². The summed E-state index contributed by atoms with van der Waals surface area (Å²) in [5.41, 5.74) is 0. The lowest BCUT2D eigenvalue weighted by Gasteiger charge is -2.29. The van der Waals surface area contributed by atoms with Gasteiger partial charge in [-0.25, -0.2) is 4.79 Å². The molecule has 5 nitrogen and oxygen atoms in total. The molecule has 1 heterocycles. The number of nitrogens with one attached hydrogen (secondary N) is 1. The van der Waals surface area contributed by atoms with Crippen LogP contribution < -0.4 is 5.32 Å². The fourth-order valence-electron chi connectivity index (χ4n) is 1.87. The summed E-state index contributed by atoms with van der Waals surface area (Å²) in [7, 11) is 0. The molecule has 0 amide bonds. The third-order valence-corrected chi connectivity index (χ3v) is 2.76. The number of hydrogen-bond acceptors (Lipinski definition) is 4. The zero-order valence-corrected chi connectivity index (χ0v) is 9.19. The number of Topliss-reactive ketones (excluding diaryl/α,β-unsaturated/α-hetero) is 1. The zero-order chi connectivity index (χ0) is 11.4. The summed E-state index contributed by atoms with van der Waals surface area (Å²) in [4.78, 5) is 23.8. The molecule has 0 aromatic carbocycles. The number of carbonyl (C=O) groups excluding carboxylic acids is 1. The second-order valence-corrected chi connectivity index (χ2v) is 4.21. The molecule has 0 aromatic rings. The van der Waals surface area contributed by atoms with Gasteiger partial charge >= 0.3 is 5.97 Å². The van der Waals surface area contributed by atoms with Gasteiger partial charge in [0.2, 0.25) is 5.78 Å². The maximum atomic E-state index is 11.2. The van der Waals surface area contributed by atoms with Crippen molar-refractivity contribution in [2.24, 2.45) is 5.92 Å². The zero-order valence-electron chi connectivity index (χ0n) is 9.19. The standard InChI is InChI=1S/C10H18N2O3/c1-7(2)8(5-9(13)10(14)15)12-4-3-11-6-12/h7-8,11H,3-6H2,1-2H3,(H,14,15). The van der Waals surface area contributed by atoms with E-state index in [2.05, 4.69) is 10.2 Å². The lowest BCUT2D eigenvalue weighted by molar-refractivity contribution is -0.149. The molecule has 1 fully saturated rings.